The second-order valence-electron chi connectivity index (χ2n) is 5.16. The lowest BCUT2D eigenvalue weighted by atomic mass is 10.1. The molecule has 1 aliphatic heterocycles. The zero-order chi connectivity index (χ0) is 17.3. The lowest BCUT2D eigenvalue weighted by Crippen LogP contribution is -2.33. The van der Waals surface area contributed by atoms with Gasteiger partial charge in [0.05, 0.1) is 23.2 Å². The van der Waals surface area contributed by atoms with Crippen molar-refractivity contribution in [2.75, 3.05) is 13.2 Å². The Morgan fingerprint density at radius 2 is 1.71 bits per heavy atom. The maximum atomic E-state index is 12.2. The van der Waals surface area contributed by atoms with Gasteiger partial charge in [0, 0.05) is 5.02 Å². The predicted octanol–water partition coefficient (Wildman–Crippen LogP) is 2.11. The van der Waals surface area contributed by atoms with E-state index in [4.69, 9.17) is 22.1 Å². The molecule has 2 aromatic rings. The van der Waals surface area contributed by atoms with Crippen molar-refractivity contribution >= 4 is 29.3 Å². The van der Waals surface area contributed by atoms with Crippen molar-refractivity contribution in [3.8, 4) is 5.75 Å². The molecule has 7 heteroatoms. The van der Waals surface area contributed by atoms with E-state index in [1.807, 2.05) is 0 Å². The highest BCUT2D eigenvalue weighted by molar-refractivity contribution is 6.30. The third-order valence-corrected chi connectivity index (χ3v) is 3.89. The van der Waals surface area contributed by atoms with Crippen molar-refractivity contribution in [3.05, 3.63) is 64.2 Å². The Kier molecular flexibility index (Phi) is 4.22. The van der Waals surface area contributed by atoms with E-state index in [0.29, 0.717) is 16.1 Å². The van der Waals surface area contributed by atoms with Gasteiger partial charge in [-0.15, -0.1) is 0 Å². The lowest BCUT2D eigenvalue weighted by molar-refractivity contribution is 0.0630. The molecule has 2 N–H and O–H groups in total. The first-order chi connectivity index (χ1) is 11.5. The zero-order valence-corrected chi connectivity index (χ0v) is 13.2. The molecule has 0 spiro atoms. The summed E-state index contributed by atoms with van der Waals surface area (Å²) in [5.41, 5.74) is 6.22. The minimum Gasteiger partial charge on any atom is -0.491 e. The van der Waals surface area contributed by atoms with Crippen LogP contribution in [0.5, 0.6) is 5.75 Å². The topological polar surface area (TPSA) is 89.7 Å². The minimum atomic E-state index is -0.651. The number of carbonyl (C=O) groups is 3. The van der Waals surface area contributed by atoms with Crippen molar-refractivity contribution < 1.29 is 19.1 Å². The summed E-state index contributed by atoms with van der Waals surface area (Å²) in [6.07, 6.45) is 0. The molecule has 1 heterocycles. The number of amides is 3. The summed E-state index contributed by atoms with van der Waals surface area (Å²) in [5, 5.41) is 0.385. The second-order valence-corrected chi connectivity index (χ2v) is 5.60. The van der Waals surface area contributed by atoms with Gasteiger partial charge >= 0.3 is 0 Å². The number of nitrogens with zero attached hydrogens (tertiary/aromatic N) is 1. The molecule has 0 bridgehead atoms. The highest BCUT2D eigenvalue weighted by Crippen LogP contribution is 2.24. The molecular weight excluding hydrogens is 332 g/mol. The number of hydrogen-bond acceptors (Lipinski definition) is 4. The monoisotopic (exact) mass is 344 g/mol. The number of halogens is 1. The van der Waals surface area contributed by atoms with Crippen molar-refractivity contribution in [1.29, 1.82) is 0 Å². The molecule has 0 saturated carbocycles. The third-order valence-electron chi connectivity index (χ3n) is 3.66. The van der Waals surface area contributed by atoms with Crippen LogP contribution >= 0.6 is 11.6 Å². The van der Waals surface area contributed by atoms with Crippen molar-refractivity contribution in [3.63, 3.8) is 0 Å². The minimum absolute atomic E-state index is 0.0199. The van der Waals surface area contributed by atoms with Gasteiger partial charge in [0.15, 0.2) is 0 Å². The second kappa shape index (κ2) is 6.33. The van der Waals surface area contributed by atoms with Crippen LogP contribution in [0.1, 0.15) is 31.1 Å². The first kappa shape index (κ1) is 16.0. The van der Waals surface area contributed by atoms with Crippen LogP contribution in [0, 0.1) is 0 Å². The number of imide groups is 1. The Balaban J connectivity index is 1.70. The first-order valence-corrected chi connectivity index (χ1v) is 7.54. The molecule has 1 aliphatic rings. The first-order valence-electron chi connectivity index (χ1n) is 7.16. The largest absolute Gasteiger partial charge is 0.491 e. The summed E-state index contributed by atoms with van der Waals surface area (Å²) in [6.45, 7) is 0.0726. The smallest absolute Gasteiger partial charge is 0.261 e. The summed E-state index contributed by atoms with van der Waals surface area (Å²) >= 11 is 5.88. The standard InChI is InChI=1S/C17H13ClN2O4/c18-10-5-6-13(15(19)21)14(9-10)24-8-7-20-16(22)11-3-1-2-4-12(11)17(20)23/h1-6,9H,7-8H2,(H2,19,21). The van der Waals surface area contributed by atoms with Gasteiger partial charge < -0.3 is 10.5 Å². The number of nitrogens with two attached hydrogens (primary N) is 1. The molecule has 2 aromatic carbocycles. The van der Waals surface area contributed by atoms with Crippen LogP contribution in [0.15, 0.2) is 42.5 Å². The third kappa shape index (κ3) is 2.83. The van der Waals surface area contributed by atoms with E-state index in [0.717, 1.165) is 4.90 Å². The van der Waals surface area contributed by atoms with Crippen LogP contribution in [-0.2, 0) is 0 Å². The summed E-state index contributed by atoms with van der Waals surface area (Å²) in [7, 11) is 0. The fourth-order valence-corrected chi connectivity index (χ4v) is 2.67. The highest BCUT2D eigenvalue weighted by atomic mass is 35.5. The molecule has 0 fully saturated rings. The maximum Gasteiger partial charge on any atom is 0.261 e. The fourth-order valence-electron chi connectivity index (χ4n) is 2.51. The summed E-state index contributed by atoms with van der Waals surface area (Å²) < 4.78 is 5.51. The number of benzene rings is 2. The number of fused-ring (bicyclic) bond motifs is 1. The zero-order valence-electron chi connectivity index (χ0n) is 12.5. The average Bonchev–Trinajstić information content (AvgIpc) is 2.80. The van der Waals surface area contributed by atoms with Gasteiger partial charge in [0.1, 0.15) is 12.4 Å². The average molecular weight is 345 g/mol. The van der Waals surface area contributed by atoms with Gasteiger partial charge in [-0.3, -0.25) is 19.3 Å². The van der Waals surface area contributed by atoms with Crippen molar-refractivity contribution in [2.45, 2.75) is 0 Å². The van der Waals surface area contributed by atoms with E-state index in [2.05, 4.69) is 0 Å². The van der Waals surface area contributed by atoms with Gasteiger partial charge in [-0.2, -0.15) is 0 Å². The molecule has 0 unspecified atom stereocenters. The quantitative estimate of drug-likeness (QED) is 0.841. The van der Waals surface area contributed by atoms with Crippen LogP contribution in [0.3, 0.4) is 0 Å². The van der Waals surface area contributed by atoms with Gasteiger partial charge in [0.25, 0.3) is 17.7 Å². The van der Waals surface area contributed by atoms with Crippen LogP contribution in [-0.4, -0.2) is 35.8 Å². The Morgan fingerprint density at radius 1 is 1.08 bits per heavy atom. The normalized spacial score (nSPS) is 13.1. The number of rotatable bonds is 5. The Morgan fingerprint density at radius 3 is 2.29 bits per heavy atom. The van der Waals surface area contributed by atoms with E-state index >= 15 is 0 Å². The molecular formula is C17H13ClN2O4. The van der Waals surface area contributed by atoms with E-state index in [-0.39, 0.29) is 36.3 Å². The molecule has 3 rings (SSSR count). The van der Waals surface area contributed by atoms with E-state index in [1.165, 1.54) is 18.2 Å². The maximum absolute atomic E-state index is 12.2. The summed E-state index contributed by atoms with van der Waals surface area (Å²) in [4.78, 5) is 37.0. The molecule has 0 radical (unpaired) electrons. The van der Waals surface area contributed by atoms with Gasteiger partial charge in [0.2, 0.25) is 0 Å². The Labute approximate surface area is 142 Å². The molecule has 0 aliphatic carbocycles. The molecule has 3 amide bonds. The highest BCUT2D eigenvalue weighted by Gasteiger charge is 2.34. The van der Waals surface area contributed by atoms with Gasteiger partial charge in [-0.1, -0.05) is 23.7 Å². The van der Waals surface area contributed by atoms with Gasteiger partial charge in [-0.05, 0) is 30.3 Å². The van der Waals surface area contributed by atoms with E-state index in [1.54, 1.807) is 24.3 Å². The van der Waals surface area contributed by atoms with Crippen LogP contribution in [0.25, 0.3) is 0 Å². The number of ether oxygens (including phenoxy) is 1. The molecule has 0 saturated heterocycles. The van der Waals surface area contributed by atoms with E-state index in [9.17, 15) is 14.4 Å². The van der Waals surface area contributed by atoms with Crippen molar-refractivity contribution in [2.24, 2.45) is 5.73 Å². The van der Waals surface area contributed by atoms with Crippen LogP contribution in [0.4, 0.5) is 0 Å². The number of hydrogen-bond donors (Lipinski definition) is 1. The summed E-state index contributed by atoms with van der Waals surface area (Å²) in [5.74, 6) is -1.16. The van der Waals surface area contributed by atoms with Crippen LogP contribution in [0.2, 0.25) is 5.02 Å². The van der Waals surface area contributed by atoms with Crippen molar-refractivity contribution in [1.82, 2.24) is 4.90 Å². The lowest BCUT2D eigenvalue weighted by Gasteiger charge is -2.15. The molecule has 24 heavy (non-hydrogen) atoms. The number of primary amides is 1. The molecule has 0 aromatic heterocycles. The molecule has 0 atom stereocenters. The summed E-state index contributed by atoms with van der Waals surface area (Å²) in [6, 6.07) is 11.1. The fraction of sp³-hybridized carbons (Fsp3) is 0.118. The Bertz CT molecular complexity index is 815. The van der Waals surface area contributed by atoms with Gasteiger partial charge in [-0.25, -0.2) is 0 Å². The Hall–Kier alpha value is -2.86. The SMILES string of the molecule is NC(=O)c1ccc(Cl)cc1OCCN1C(=O)c2ccccc2C1=O. The predicted molar refractivity (Wildman–Crippen MR) is 87.3 cm³/mol. The molecule has 6 nitrogen and oxygen atoms in total. The van der Waals surface area contributed by atoms with E-state index < -0.39 is 5.91 Å². The number of carbonyl (C=O) groups excluding carboxylic acids is 3. The van der Waals surface area contributed by atoms with Crippen LogP contribution < -0.4 is 10.5 Å². The molecule has 122 valence electrons.